The van der Waals surface area contributed by atoms with Crippen LogP contribution in [0.5, 0.6) is 0 Å². The molecule has 5 nitrogen and oxygen atoms in total. The van der Waals surface area contributed by atoms with E-state index in [0.717, 1.165) is 49.2 Å². The maximum Gasteiger partial charge on any atom is 0.257 e. The first kappa shape index (κ1) is 12.7. The molecule has 3 rings (SSSR count). The van der Waals surface area contributed by atoms with Crippen LogP contribution < -0.4 is 0 Å². The van der Waals surface area contributed by atoms with E-state index < -0.39 is 0 Å². The molecule has 0 bridgehead atoms. The van der Waals surface area contributed by atoms with E-state index >= 15 is 0 Å². The predicted octanol–water partition coefficient (Wildman–Crippen LogP) is 1.58. The van der Waals surface area contributed by atoms with E-state index in [2.05, 4.69) is 10.2 Å². The van der Waals surface area contributed by atoms with E-state index in [4.69, 9.17) is 0 Å². The molecule has 0 spiro atoms. The van der Waals surface area contributed by atoms with Gasteiger partial charge in [0.15, 0.2) is 0 Å². The van der Waals surface area contributed by atoms with Gasteiger partial charge < -0.3 is 10.0 Å². The van der Waals surface area contributed by atoms with Crippen LogP contribution in [0.1, 0.15) is 59.8 Å². The number of aryl methyl sites for hydroxylation is 1. The van der Waals surface area contributed by atoms with E-state index in [-0.39, 0.29) is 12.0 Å². The van der Waals surface area contributed by atoms with Crippen LogP contribution in [0.15, 0.2) is 0 Å². The smallest absolute Gasteiger partial charge is 0.257 e. The molecule has 1 saturated heterocycles. The van der Waals surface area contributed by atoms with Gasteiger partial charge in [0.05, 0.1) is 17.4 Å². The number of carbonyl (C=O) groups excluding carboxylic acids is 1. The number of aliphatic hydroxyl groups excluding tert-OH is 1. The first-order chi connectivity index (χ1) is 9.16. The molecule has 5 heteroatoms. The fraction of sp³-hybridized carbons (Fsp3) is 0.714. The molecule has 2 aliphatic rings. The normalized spacial score (nSPS) is 24.3. The molecule has 1 aromatic rings. The van der Waals surface area contributed by atoms with Gasteiger partial charge in [-0.05, 0) is 39.0 Å². The van der Waals surface area contributed by atoms with Gasteiger partial charge in [-0.2, -0.15) is 5.10 Å². The maximum absolute atomic E-state index is 12.7. The summed E-state index contributed by atoms with van der Waals surface area (Å²) >= 11 is 0. The fourth-order valence-corrected chi connectivity index (χ4v) is 2.81. The minimum Gasteiger partial charge on any atom is -0.393 e. The van der Waals surface area contributed by atoms with E-state index in [1.807, 2.05) is 11.8 Å². The number of carbonyl (C=O) groups is 1. The van der Waals surface area contributed by atoms with Crippen molar-refractivity contribution < 1.29 is 9.90 Å². The predicted molar refractivity (Wildman–Crippen MR) is 71.1 cm³/mol. The Balaban J connectivity index is 1.81. The van der Waals surface area contributed by atoms with Crippen LogP contribution in [0.2, 0.25) is 0 Å². The zero-order valence-electron chi connectivity index (χ0n) is 11.4. The van der Waals surface area contributed by atoms with Crippen LogP contribution in [0.4, 0.5) is 0 Å². The van der Waals surface area contributed by atoms with Gasteiger partial charge in [-0.25, -0.2) is 0 Å². The minimum atomic E-state index is -0.258. The largest absolute Gasteiger partial charge is 0.393 e. The van der Waals surface area contributed by atoms with Gasteiger partial charge in [-0.3, -0.25) is 9.89 Å². The van der Waals surface area contributed by atoms with Gasteiger partial charge >= 0.3 is 0 Å². The number of aliphatic hydroxyl groups is 1. The molecule has 104 valence electrons. The summed E-state index contributed by atoms with van der Waals surface area (Å²) in [6.45, 7) is 3.30. The molecule has 1 aliphatic carbocycles. The fourth-order valence-electron chi connectivity index (χ4n) is 2.81. The van der Waals surface area contributed by atoms with E-state index in [1.165, 1.54) is 0 Å². The number of amides is 1. The van der Waals surface area contributed by atoms with Gasteiger partial charge in [-0.15, -0.1) is 0 Å². The first-order valence-corrected chi connectivity index (χ1v) is 7.19. The van der Waals surface area contributed by atoms with Gasteiger partial charge in [0.25, 0.3) is 5.91 Å². The summed E-state index contributed by atoms with van der Waals surface area (Å²) in [7, 11) is 0. The van der Waals surface area contributed by atoms with Crippen molar-refractivity contribution in [3.8, 4) is 0 Å². The lowest BCUT2D eigenvalue weighted by molar-refractivity contribution is 0.0751. The SMILES string of the molecule is Cc1[nH]nc(C2CC2)c1C(=O)N1CCCC(O)CC1. The van der Waals surface area contributed by atoms with Crippen LogP contribution in [0.3, 0.4) is 0 Å². The Labute approximate surface area is 113 Å². The summed E-state index contributed by atoms with van der Waals surface area (Å²) in [6, 6.07) is 0. The highest BCUT2D eigenvalue weighted by Crippen LogP contribution is 2.41. The Morgan fingerprint density at radius 3 is 2.84 bits per heavy atom. The number of hydrogen-bond donors (Lipinski definition) is 2. The number of nitrogens with one attached hydrogen (secondary N) is 1. The molecule has 19 heavy (non-hydrogen) atoms. The van der Waals surface area contributed by atoms with Crippen LogP contribution in [0, 0.1) is 6.92 Å². The molecule has 0 aromatic carbocycles. The number of nitrogens with zero attached hydrogens (tertiary/aromatic N) is 2. The van der Waals surface area contributed by atoms with Crippen LogP contribution >= 0.6 is 0 Å². The molecule has 1 amide bonds. The minimum absolute atomic E-state index is 0.0854. The third-order valence-corrected chi connectivity index (χ3v) is 4.14. The highest BCUT2D eigenvalue weighted by atomic mass is 16.3. The quantitative estimate of drug-likeness (QED) is 0.851. The highest BCUT2D eigenvalue weighted by molar-refractivity contribution is 5.96. The molecule has 1 atom stereocenters. The summed E-state index contributed by atoms with van der Waals surface area (Å²) in [5.74, 6) is 0.559. The average Bonchev–Trinajstić information content (AvgIpc) is 3.17. The van der Waals surface area contributed by atoms with Crippen molar-refractivity contribution in [1.82, 2.24) is 15.1 Å². The van der Waals surface area contributed by atoms with Crippen molar-refractivity contribution in [2.75, 3.05) is 13.1 Å². The standard InChI is InChI=1S/C14H21N3O2/c1-9-12(13(16-15-9)10-4-5-10)14(19)17-7-2-3-11(18)6-8-17/h10-11,18H,2-8H2,1H3,(H,15,16). The molecule has 0 radical (unpaired) electrons. The topological polar surface area (TPSA) is 69.2 Å². The highest BCUT2D eigenvalue weighted by Gasteiger charge is 2.33. The monoisotopic (exact) mass is 263 g/mol. The second kappa shape index (κ2) is 4.96. The first-order valence-electron chi connectivity index (χ1n) is 7.19. The van der Waals surface area contributed by atoms with Gasteiger partial charge in [0, 0.05) is 24.7 Å². The molecule has 1 aliphatic heterocycles. The van der Waals surface area contributed by atoms with Gasteiger partial charge in [0.1, 0.15) is 0 Å². The number of likely N-dealkylation sites (tertiary alicyclic amines) is 1. The van der Waals surface area contributed by atoms with Gasteiger partial charge in [0.2, 0.25) is 0 Å². The number of aromatic nitrogens is 2. The molecule has 2 fully saturated rings. The lowest BCUT2D eigenvalue weighted by atomic mass is 10.1. The van der Waals surface area contributed by atoms with Crippen molar-refractivity contribution in [2.45, 2.75) is 51.0 Å². The Bertz CT molecular complexity index is 479. The van der Waals surface area contributed by atoms with E-state index in [9.17, 15) is 9.90 Å². The van der Waals surface area contributed by atoms with E-state index in [0.29, 0.717) is 18.9 Å². The second-order valence-electron chi connectivity index (χ2n) is 5.76. The van der Waals surface area contributed by atoms with Crippen molar-refractivity contribution >= 4 is 5.91 Å². The molecular formula is C14H21N3O2. The molecular weight excluding hydrogens is 242 g/mol. The number of aromatic amines is 1. The zero-order chi connectivity index (χ0) is 13.4. The van der Waals surface area contributed by atoms with Crippen molar-refractivity contribution in [1.29, 1.82) is 0 Å². The third-order valence-electron chi connectivity index (χ3n) is 4.14. The van der Waals surface area contributed by atoms with Crippen molar-refractivity contribution in [3.05, 3.63) is 17.0 Å². The van der Waals surface area contributed by atoms with Crippen LogP contribution in [-0.4, -0.2) is 45.3 Å². The molecule has 1 unspecified atom stereocenters. The molecule has 2 heterocycles. The summed E-state index contributed by atoms with van der Waals surface area (Å²) in [4.78, 5) is 14.6. The number of H-pyrrole nitrogens is 1. The summed E-state index contributed by atoms with van der Waals surface area (Å²) in [5, 5.41) is 16.9. The Hall–Kier alpha value is -1.36. The summed E-state index contributed by atoms with van der Waals surface area (Å²) in [5.41, 5.74) is 2.60. The Morgan fingerprint density at radius 2 is 2.11 bits per heavy atom. The maximum atomic E-state index is 12.7. The average molecular weight is 263 g/mol. The Morgan fingerprint density at radius 1 is 1.32 bits per heavy atom. The summed E-state index contributed by atoms with van der Waals surface area (Å²) in [6.07, 6.45) is 4.38. The molecule has 2 N–H and O–H groups in total. The number of hydrogen-bond acceptors (Lipinski definition) is 3. The molecule has 1 aromatic heterocycles. The van der Waals surface area contributed by atoms with Crippen molar-refractivity contribution in [3.63, 3.8) is 0 Å². The lowest BCUT2D eigenvalue weighted by Crippen LogP contribution is -2.33. The van der Waals surface area contributed by atoms with E-state index in [1.54, 1.807) is 0 Å². The lowest BCUT2D eigenvalue weighted by Gasteiger charge is -2.20. The van der Waals surface area contributed by atoms with Gasteiger partial charge in [-0.1, -0.05) is 0 Å². The third kappa shape index (κ3) is 2.52. The van der Waals surface area contributed by atoms with Crippen LogP contribution in [-0.2, 0) is 0 Å². The van der Waals surface area contributed by atoms with Crippen LogP contribution in [0.25, 0.3) is 0 Å². The summed E-state index contributed by atoms with van der Waals surface area (Å²) < 4.78 is 0. The molecule has 1 saturated carbocycles. The second-order valence-corrected chi connectivity index (χ2v) is 5.76. The zero-order valence-corrected chi connectivity index (χ0v) is 11.4. The Kier molecular flexibility index (Phi) is 3.31. The number of rotatable bonds is 2. The van der Waals surface area contributed by atoms with Crippen molar-refractivity contribution in [2.24, 2.45) is 0 Å².